The van der Waals surface area contributed by atoms with Crippen LogP contribution in [0.25, 0.3) is 0 Å². The first-order valence-corrected chi connectivity index (χ1v) is 8.20. The van der Waals surface area contributed by atoms with Gasteiger partial charge in [0.15, 0.2) is 0 Å². The average molecular weight is 290 g/mol. The van der Waals surface area contributed by atoms with Crippen molar-refractivity contribution in [3.05, 3.63) is 29.8 Å². The van der Waals surface area contributed by atoms with E-state index >= 15 is 0 Å². The number of carbonyl (C=O) groups excluding carboxylic acids is 1. The van der Waals surface area contributed by atoms with Crippen LogP contribution < -0.4 is 11.1 Å². The molecule has 2 atom stereocenters. The highest BCUT2D eigenvalue weighted by atomic mass is 16.1. The standard InChI is InChI=1S/C18H30N2O/c1-4-14(3)16-7-9-17(10-8-16)20-18(21)11-6-15(5-2)12-13-19/h7-10,14-15H,4-6,11-13,19H2,1-3H3,(H,20,21). The van der Waals surface area contributed by atoms with Gasteiger partial charge in [-0.05, 0) is 55.3 Å². The van der Waals surface area contributed by atoms with Gasteiger partial charge in [0, 0.05) is 12.1 Å². The van der Waals surface area contributed by atoms with Gasteiger partial charge in [-0.1, -0.05) is 39.3 Å². The molecule has 0 aliphatic heterocycles. The first-order valence-electron chi connectivity index (χ1n) is 8.20. The fourth-order valence-electron chi connectivity index (χ4n) is 2.48. The Bertz CT molecular complexity index is 414. The van der Waals surface area contributed by atoms with E-state index in [4.69, 9.17) is 5.73 Å². The smallest absolute Gasteiger partial charge is 0.224 e. The molecule has 0 aliphatic rings. The third kappa shape index (κ3) is 6.30. The molecule has 0 aromatic heterocycles. The molecular weight excluding hydrogens is 260 g/mol. The van der Waals surface area contributed by atoms with Crippen LogP contribution in [0.3, 0.4) is 0 Å². The quantitative estimate of drug-likeness (QED) is 0.712. The van der Waals surface area contributed by atoms with Crippen molar-refractivity contribution in [2.45, 2.75) is 58.8 Å². The molecule has 3 nitrogen and oxygen atoms in total. The van der Waals surface area contributed by atoms with Crippen molar-refractivity contribution < 1.29 is 4.79 Å². The highest BCUT2D eigenvalue weighted by molar-refractivity contribution is 5.90. The fraction of sp³-hybridized carbons (Fsp3) is 0.611. The van der Waals surface area contributed by atoms with Crippen LogP contribution >= 0.6 is 0 Å². The zero-order chi connectivity index (χ0) is 15.7. The number of benzene rings is 1. The summed E-state index contributed by atoms with van der Waals surface area (Å²) in [4.78, 5) is 12.0. The monoisotopic (exact) mass is 290 g/mol. The van der Waals surface area contributed by atoms with Gasteiger partial charge in [-0.15, -0.1) is 0 Å². The molecule has 1 aromatic carbocycles. The lowest BCUT2D eigenvalue weighted by Gasteiger charge is -2.14. The minimum absolute atomic E-state index is 0.0989. The SMILES string of the molecule is CCC(CCN)CCC(=O)Nc1ccc(C(C)CC)cc1. The van der Waals surface area contributed by atoms with E-state index in [0.717, 1.165) is 31.4 Å². The van der Waals surface area contributed by atoms with Crippen LogP contribution in [0.15, 0.2) is 24.3 Å². The third-order valence-electron chi connectivity index (χ3n) is 4.31. The average Bonchev–Trinajstić information content (AvgIpc) is 2.51. The maximum Gasteiger partial charge on any atom is 0.224 e. The number of carbonyl (C=O) groups is 1. The maximum absolute atomic E-state index is 12.0. The van der Waals surface area contributed by atoms with Crippen LogP contribution in [-0.4, -0.2) is 12.5 Å². The molecule has 0 aliphatic carbocycles. The topological polar surface area (TPSA) is 55.1 Å². The Labute approximate surface area is 129 Å². The second-order valence-electron chi connectivity index (χ2n) is 5.87. The summed E-state index contributed by atoms with van der Waals surface area (Å²) in [7, 11) is 0. The molecule has 0 saturated heterocycles. The van der Waals surface area contributed by atoms with Crippen LogP contribution in [0, 0.1) is 5.92 Å². The van der Waals surface area contributed by atoms with Gasteiger partial charge in [-0.3, -0.25) is 4.79 Å². The predicted molar refractivity (Wildman–Crippen MR) is 90.5 cm³/mol. The van der Waals surface area contributed by atoms with Crippen molar-refractivity contribution in [1.82, 2.24) is 0 Å². The molecule has 0 spiro atoms. The Kier molecular flexibility index (Phi) is 8.06. The highest BCUT2D eigenvalue weighted by Gasteiger charge is 2.09. The van der Waals surface area contributed by atoms with E-state index in [1.54, 1.807) is 0 Å². The van der Waals surface area contributed by atoms with Gasteiger partial charge in [0.2, 0.25) is 5.91 Å². The summed E-state index contributed by atoms with van der Waals surface area (Å²) < 4.78 is 0. The molecule has 3 heteroatoms. The van der Waals surface area contributed by atoms with Gasteiger partial charge < -0.3 is 11.1 Å². The number of hydrogen-bond acceptors (Lipinski definition) is 2. The summed E-state index contributed by atoms with van der Waals surface area (Å²) in [5, 5.41) is 2.98. The molecule has 1 rings (SSSR count). The Balaban J connectivity index is 2.44. The second kappa shape index (κ2) is 9.56. The van der Waals surface area contributed by atoms with E-state index in [1.165, 1.54) is 5.56 Å². The fourth-order valence-corrected chi connectivity index (χ4v) is 2.48. The first-order chi connectivity index (χ1) is 10.1. The van der Waals surface area contributed by atoms with Crippen molar-refractivity contribution in [3.63, 3.8) is 0 Å². The largest absolute Gasteiger partial charge is 0.330 e. The lowest BCUT2D eigenvalue weighted by atomic mass is 9.96. The van der Waals surface area contributed by atoms with Crippen molar-refractivity contribution in [2.75, 3.05) is 11.9 Å². The van der Waals surface area contributed by atoms with Gasteiger partial charge in [-0.25, -0.2) is 0 Å². The Hall–Kier alpha value is -1.35. The molecule has 0 bridgehead atoms. The zero-order valence-electron chi connectivity index (χ0n) is 13.7. The van der Waals surface area contributed by atoms with Crippen molar-refractivity contribution >= 4 is 11.6 Å². The number of nitrogens with two attached hydrogens (primary N) is 1. The summed E-state index contributed by atoms with van der Waals surface area (Å²) in [6, 6.07) is 8.20. The van der Waals surface area contributed by atoms with Crippen LogP contribution in [0.2, 0.25) is 0 Å². The summed E-state index contributed by atoms with van der Waals surface area (Å²) in [5.41, 5.74) is 7.80. The normalized spacial score (nSPS) is 13.7. The van der Waals surface area contributed by atoms with Gasteiger partial charge in [0.05, 0.1) is 0 Å². The lowest BCUT2D eigenvalue weighted by Crippen LogP contribution is -2.15. The molecule has 0 fully saturated rings. The van der Waals surface area contributed by atoms with Gasteiger partial charge >= 0.3 is 0 Å². The Morgan fingerprint density at radius 2 is 1.81 bits per heavy atom. The van der Waals surface area contributed by atoms with E-state index in [9.17, 15) is 4.79 Å². The number of rotatable bonds is 9. The molecule has 118 valence electrons. The number of anilines is 1. The number of nitrogens with one attached hydrogen (secondary N) is 1. The highest BCUT2D eigenvalue weighted by Crippen LogP contribution is 2.21. The molecular formula is C18H30N2O. The second-order valence-corrected chi connectivity index (χ2v) is 5.87. The molecule has 0 radical (unpaired) electrons. The Morgan fingerprint density at radius 1 is 1.14 bits per heavy atom. The van der Waals surface area contributed by atoms with E-state index in [2.05, 4.69) is 38.2 Å². The minimum atomic E-state index is 0.0989. The molecule has 0 heterocycles. The van der Waals surface area contributed by atoms with Crippen LogP contribution in [0.5, 0.6) is 0 Å². The van der Waals surface area contributed by atoms with Gasteiger partial charge in [0.1, 0.15) is 0 Å². The van der Waals surface area contributed by atoms with Gasteiger partial charge in [-0.2, -0.15) is 0 Å². The molecule has 1 aromatic rings. The zero-order valence-corrected chi connectivity index (χ0v) is 13.7. The van der Waals surface area contributed by atoms with Crippen molar-refractivity contribution in [3.8, 4) is 0 Å². The van der Waals surface area contributed by atoms with Crippen LogP contribution in [0.1, 0.15) is 64.4 Å². The third-order valence-corrected chi connectivity index (χ3v) is 4.31. The number of hydrogen-bond donors (Lipinski definition) is 2. The summed E-state index contributed by atoms with van der Waals surface area (Å²) in [6.07, 6.45) is 4.73. The summed E-state index contributed by atoms with van der Waals surface area (Å²) in [6.45, 7) is 7.27. The molecule has 0 saturated carbocycles. The Morgan fingerprint density at radius 3 is 2.33 bits per heavy atom. The molecule has 21 heavy (non-hydrogen) atoms. The van der Waals surface area contributed by atoms with Crippen LogP contribution in [0.4, 0.5) is 5.69 Å². The van der Waals surface area contributed by atoms with E-state index < -0.39 is 0 Å². The number of amides is 1. The first kappa shape index (κ1) is 17.7. The lowest BCUT2D eigenvalue weighted by molar-refractivity contribution is -0.116. The molecule has 3 N–H and O–H groups in total. The van der Waals surface area contributed by atoms with Crippen molar-refractivity contribution in [1.29, 1.82) is 0 Å². The van der Waals surface area contributed by atoms with Gasteiger partial charge in [0.25, 0.3) is 0 Å². The van der Waals surface area contributed by atoms with E-state index in [0.29, 0.717) is 24.8 Å². The molecule has 1 amide bonds. The summed E-state index contributed by atoms with van der Waals surface area (Å²) in [5.74, 6) is 1.23. The van der Waals surface area contributed by atoms with Crippen LogP contribution in [-0.2, 0) is 4.79 Å². The molecule has 2 unspecified atom stereocenters. The predicted octanol–water partition coefficient (Wildman–Crippen LogP) is 4.29. The minimum Gasteiger partial charge on any atom is -0.330 e. The van der Waals surface area contributed by atoms with E-state index in [1.807, 2.05) is 12.1 Å². The summed E-state index contributed by atoms with van der Waals surface area (Å²) >= 11 is 0. The maximum atomic E-state index is 12.0. The van der Waals surface area contributed by atoms with E-state index in [-0.39, 0.29) is 5.91 Å². The van der Waals surface area contributed by atoms with Crippen molar-refractivity contribution in [2.24, 2.45) is 11.7 Å².